The van der Waals surface area contributed by atoms with Gasteiger partial charge in [-0.15, -0.1) is 0 Å². The van der Waals surface area contributed by atoms with Gasteiger partial charge in [0.05, 0.1) is 0 Å². The fraction of sp³-hybridized carbons (Fsp3) is 0.971. The lowest BCUT2D eigenvalue weighted by molar-refractivity contribution is -0.242. The van der Waals surface area contributed by atoms with Crippen LogP contribution >= 0.6 is 0 Å². The third-order valence-corrected chi connectivity index (χ3v) is 8.64. The standard InChI is InChI=1S/C34H62O7/c1-6-7-8-9-10-11-12-13-14-15-16-17-18-19-20-21-22-23-24-25-28(35)36-26-27-29-30(39-33(2,3)38-29)31-32(37-27)41-34(4,5)40-31/h27,29-32H,6-26H2,1-5H3/t27-,29-,30+,31-,32+/m1/s1. The molecule has 41 heavy (non-hydrogen) atoms. The Bertz CT molecular complexity index is 724. The van der Waals surface area contributed by atoms with E-state index in [2.05, 4.69) is 6.92 Å². The Balaban J connectivity index is 1.12. The summed E-state index contributed by atoms with van der Waals surface area (Å²) in [6, 6.07) is 0. The number of carbonyl (C=O) groups is 1. The van der Waals surface area contributed by atoms with Gasteiger partial charge in [-0.2, -0.15) is 0 Å². The predicted octanol–water partition coefficient (Wildman–Crippen LogP) is 8.75. The average Bonchev–Trinajstić information content (AvgIpc) is 3.42. The van der Waals surface area contributed by atoms with Crippen molar-refractivity contribution in [1.29, 1.82) is 0 Å². The summed E-state index contributed by atoms with van der Waals surface area (Å²) >= 11 is 0. The van der Waals surface area contributed by atoms with Gasteiger partial charge < -0.3 is 28.4 Å². The molecule has 7 nitrogen and oxygen atoms in total. The van der Waals surface area contributed by atoms with Crippen LogP contribution < -0.4 is 0 Å². The Labute approximate surface area is 251 Å². The Morgan fingerprint density at radius 2 is 0.976 bits per heavy atom. The topological polar surface area (TPSA) is 72.5 Å². The van der Waals surface area contributed by atoms with Crippen LogP contribution in [-0.4, -0.2) is 54.9 Å². The molecule has 240 valence electrons. The molecule has 0 radical (unpaired) electrons. The molecule has 0 aliphatic carbocycles. The molecule has 0 N–H and O–H groups in total. The molecule has 3 saturated heterocycles. The van der Waals surface area contributed by atoms with Crippen molar-refractivity contribution in [1.82, 2.24) is 0 Å². The molecule has 0 aromatic rings. The number of esters is 1. The van der Waals surface area contributed by atoms with E-state index in [4.69, 9.17) is 28.4 Å². The largest absolute Gasteiger partial charge is 0.463 e. The van der Waals surface area contributed by atoms with Crippen LogP contribution in [0, 0.1) is 0 Å². The van der Waals surface area contributed by atoms with E-state index >= 15 is 0 Å². The summed E-state index contributed by atoms with van der Waals surface area (Å²) in [7, 11) is 0. The molecule has 0 saturated carbocycles. The molecule has 5 atom stereocenters. The van der Waals surface area contributed by atoms with Crippen molar-refractivity contribution in [3.63, 3.8) is 0 Å². The quantitative estimate of drug-likeness (QED) is 0.0933. The molecular weight excluding hydrogens is 520 g/mol. The van der Waals surface area contributed by atoms with Gasteiger partial charge in [-0.05, 0) is 34.1 Å². The van der Waals surface area contributed by atoms with Crippen LogP contribution in [0.1, 0.15) is 163 Å². The number of hydrogen-bond donors (Lipinski definition) is 0. The Morgan fingerprint density at radius 3 is 1.49 bits per heavy atom. The van der Waals surface area contributed by atoms with E-state index in [1.54, 1.807) is 0 Å². The Morgan fingerprint density at radius 1 is 0.561 bits per heavy atom. The highest BCUT2D eigenvalue weighted by Crippen LogP contribution is 2.44. The van der Waals surface area contributed by atoms with Gasteiger partial charge in [0, 0.05) is 6.42 Å². The van der Waals surface area contributed by atoms with Crippen LogP contribution in [0.25, 0.3) is 0 Å². The van der Waals surface area contributed by atoms with E-state index in [0.717, 1.165) is 12.8 Å². The third kappa shape index (κ3) is 12.8. The van der Waals surface area contributed by atoms with Gasteiger partial charge in [-0.3, -0.25) is 4.79 Å². The molecule has 3 rings (SSSR count). The number of fused-ring (bicyclic) bond motifs is 3. The van der Waals surface area contributed by atoms with E-state index in [1.807, 2.05) is 27.7 Å². The van der Waals surface area contributed by atoms with Crippen molar-refractivity contribution in [2.24, 2.45) is 0 Å². The third-order valence-electron chi connectivity index (χ3n) is 8.64. The predicted molar refractivity (Wildman–Crippen MR) is 161 cm³/mol. The lowest BCUT2D eigenvalue weighted by atomic mass is 9.99. The summed E-state index contributed by atoms with van der Waals surface area (Å²) in [6.07, 6.45) is 23.8. The van der Waals surface area contributed by atoms with Crippen molar-refractivity contribution in [3.05, 3.63) is 0 Å². The normalized spacial score (nSPS) is 28.0. The SMILES string of the molecule is CCCCCCCCCCCCCCCCCCCCCC(=O)OC[C@H]1O[C@H]2OC(C)(C)O[C@@H]2[C@H]2OC(C)(C)O[C@@H]21. The lowest BCUT2D eigenvalue weighted by Crippen LogP contribution is -2.56. The molecule has 3 heterocycles. The first kappa shape index (κ1) is 34.8. The van der Waals surface area contributed by atoms with Crippen molar-refractivity contribution in [3.8, 4) is 0 Å². The van der Waals surface area contributed by atoms with Crippen molar-refractivity contribution in [2.45, 2.75) is 205 Å². The number of hydrogen-bond acceptors (Lipinski definition) is 7. The summed E-state index contributed by atoms with van der Waals surface area (Å²) in [5.74, 6) is -1.69. The van der Waals surface area contributed by atoms with Crippen LogP contribution in [-0.2, 0) is 33.2 Å². The molecule has 0 aromatic carbocycles. The maximum atomic E-state index is 12.4. The Kier molecular flexibility index (Phi) is 15.4. The van der Waals surface area contributed by atoms with Gasteiger partial charge in [0.2, 0.25) is 0 Å². The maximum absolute atomic E-state index is 12.4. The van der Waals surface area contributed by atoms with E-state index in [9.17, 15) is 4.79 Å². The zero-order valence-electron chi connectivity index (χ0n) is 27.1. The zero-order chi connectivity index (χ0) is 29.6. The average molecular weight is 583 g/mol. The highest BCUT2D eigenvalue weighted by molar-refractivity contribution is 5.69. The smallest absolute Gasteiger partial charge is 0.305 e. The lowest BCUT2D eigenvalue weighted by Gasteiger charge is -2.36. The number of rotatable bonds is 22. The summed E-state index contributed by atoms with van der Waals surface area (Å²) in [4.78, 5) is 12.4. The summed E-state index contributed by atoms with van der Waals surface area (Å²) in [5.41, 5.74) is 0. The second kappa shape index (κ2) is 18.2. The van der Waals surface area contributed by atoms with Crippen molar-refractivity contribution in [2.75, 3.05) is 6.61 Å². The molecule has 3 aliphatic rings. The highest BCUT2D eigenvalue weighted by atomic mass is 16.9. The van der Waals surface area contributed by atoms with Crippen LogP contribution in [0.5, 0.6) is 0 Å². The van der Waals surface area contributed by atoms with Crippen molar-refractivity contribution < 1.29 is 33.2 Å². The van der Waals surface area contributed by atoms with Gasteiger partial charge in [0.1, 0.15) is 31.0 Å². The summed E-state index contributed by atoms with van der Waals surface area (Å²) < 4.78 is 35.9. The zero-order valence-corrected chi connectivity index (χ0v) is 27.1. The molecule has 3 fully saturated rings. The van der Waals surface area contributed by atoms with Crippen LogP contribution in [0.2, 0.25) is 0 Å². The molecule has 0 unspecified atom stereocenters. The van der Waals surface area contributed by atoms with Crippen LogP contribution in [0.4, 0.5) is 0 Å². The highest BCUT2D eigenvalue weighted by Gasteiger charge is 2.60. The van der Waals surface area contributed by atoms with E-state index in [1.165, 1.54) is 109 Å². The van der Waals surface area contributed by atoms with Crippen LogP contribution in [0.3, 0.4) is 0 Å². The summed E-state index contributed by atoms with van der Waals surface area (Å²) in [6.45, 7) is 9.89. The van der Waals surface area contributed by atoms with Gasteiger partial charge in [-0.25, -0.2) is 0 Å². The first-order valence-electron chi connectivity index (χ1n) is 17.2. The van der Waals surface area contributed by atoms with Crippen LogP contribution in [0.15, 0.2) is 0 Å². The molecule has 0 aromatic heterocycles. The number of unbranched alkanes of at least 4 members (excludes halogenated alkanes) is 18. The molecule has 0 bridgehead atoms. The van der Waals surface area contributed by atoms with Gasteiger partial charge in [0.15, 0.2) is 17.9 Å². The van der Waals surface area contributed by atoms with Gasteiger partial charge >= 0.3 is 5.97 Å². The summed E-state index contributed by atoms with van der Waals surface area (Å²) in [5, 5.41) is 0. The monoisotopic (exact) mass is 582 g/mol. The Hall–Kier alpha value is -0.730. The minimum Gasteiger partial charge on any atom is -0.463 e. The van der Waals surface area contributed by atoms with E-state index < -0.39 is 24.0 Å². The fourth-order valence-electron chi connectivity index (χ4n) is 6.42. The first-order chi connectivity index (χ1) is 19.7. The fourth-order valence-corrected chi connectivity index (χ4v) is 6.42. The minimum absolute atomic E-state index is 0.131. The number of ether oxygens (including phenoxy) is 6. The maximum Gasteiger partial charge on any atom is 0.305 e. The molecule has 0 amide bonds. The van der Waals surface area contributed by atoms with E-state index in [-0.39, 0.29) is 30.9 Å². The minimum atomic E-state index is -0.756. The van der Waals surface area contributed by atoms with E-state index in [0.29, 0.717) is 6.42 Å². The second-order valence-corrected chi connectivity index (χ2v) is 13.5. The number of carbonyl (C=O) groups excluding carboxylic acids is 1. The molecule has 3 aliphatic heterocycles. The van der Waals surface area contributed by atoms with Gasteiger partial charge in [0.25, 0.3) is 0 Å². The molecular formula is C34H62O7. The molecule has 7 heteroatoms. The van der Waals surface area contributed by atoms with Crippen molar-refractivity contribution >= 4 is 5.97 Å². The second-order valence-electron chi connectivity index (χ2n) is 13.5. The first-order valence-corrected chi connectivity index (χ1v) is 17.2. The molecule has 0 spiro atoms. The van der Waals surface area contributed by atoms with Gasteiger partial charge in [-0.1, -0.05) is 122 Å².